The minimum atomic E-state index is -0.634. The molecular formula is C20H22N2O4. The van der Waals surface area contributed by atoms with Gasteiger partial charge in [-0.05, 0) is 37.6 Å². The average Bonchev–Trinajstić information content (AvgIpc) is 2.89. The zero-order valence-corrected chi connectivity index (χ0v) is 15.3. The van der Waals surface area contributed by atoms with Gasteiger partial charge in [0.15, 0.2) is 0 Å². The number of hydrogen-bond acceptors (Lipinski definition) is 5. The maximum Gasteiger partial charge on any atom is 0.256 e. The minimum absolute atomic E-state index is 0.0985. The fourth-order valence-corrected chi connectivity index (χ4v) is 3.16. The van der Waals surface area contributed by atoms with Gasteiger partial charge >= 0.3 is 0 Å². The molecule has 1 saturated heterocycles. The second kappa shape index (κ2) is 7.07. The first-order valence-electron chi connectivity index (χ1n) is 8.37. The number of hydrogen-bond donors (Lipinski definition) is 1. The number of methoxy groups -OCH3 is 2. The van der Waals surface area contributed by atoms with Crippen LogP contribution in [0, 0.1) is 13.8 Å². The van der Waals surface area contributed by atoms with E-state index in [4.69, 9.17) is 9.47 Å². The van der Waals surface area contributed by atoms with Crippen LogP contribution in [-0.4, -0.2) is 32.1 Å². The van der Waals surface area contributed by atoms with Crippen molar-refractivity contribution in [1.82, 2.24) is 0 Å². The molecule has 0 bridgehead atoms. The topological polar surface area (TPSA) is 67.9 Å². The predicted molar refractivity (Wildman–Crippen MR) is 100.0 cm³/mol. The number of amides is 2. The summed E-state index contributed by atoms with van der Waals surface area (Å²) in [5, 5.41) is 3.13. The summed E-state index contributed by atoms with van der Waals surface area (Å²) in [5.74, 6) is 0.722. The number of anilines is 2. The van der Waals surface area contributed by atoms with E-state index in [9.17, 15) is 9.59 Å². The molecule has 136 valence electrons. The number of ether oxygens (including phenoxy) is 2. The van der Waals surface area contributed by atoms with Gasteiger partial charge in [0.25, 0.3) is 5.91 Å². The lowest BCUT2D eigenvalue weighted by atomic mass is 10.1. The van der Waals surface area contributed by atoms with Gasteiger partial charge in [0.05, 0.1) is 32.0 Å². The molecule has 6 nitrogen and oxygen atoms in total. The van der Waals surface area contributed by atoms with Gasteiger partial charge < -0.3 is 14.8 Å². The van der Waals surface area contributed by atoms with Crippen molar-refractivity contribution in [1.29, 1.82) is 0 Å². The molecule has 0 saturated carbocycles. The second-order valence-electron chi connectivity index (χ2n) is 6.32. The van der Waals surface area contributed by atoms with Crippen LogP contribution in [0.1, 0.15) is 17.5 Å². The number of nitrogens with zero attached hydrogens (tertiary/aromatic N) is 1. The third-order valence-electron chi connectivity index (χ3n) is 4.48. The van der Waals surface area contributed by atoms with E-state index in [2.05, 4.69) is 5.32 Å². The van der Waals surface area contributed by atoms with Crippen molar-refractivity contribution >= 4 is 23.2 Å². The summed E-state index contributed by atoms with van der Waals surface area (Å²) < 4.78 is 10.5. The Morgan fingerprint density at radius 3 is 2.46 bits per heavy atom. The lowest BCUT2D eigenvalue weighted by Crippen LogP contribution is -2.35. The number of rotatable bonds is 5. The Kier molecular flexibility index (Phi) is 4.84. The van der Waals surface area contributed by atoms with Gasteiger partial charge in [-0.1, -0.05) is 17.7 Å². The molecule has 26 heavy (non-hydrogen) atoms. The van der Waals surface area contributed by atoms with Crippen LogP contribution in [-0.2, 0) is 9.59 Å². The summed E-state index contributed by atoms with van der Waals surface area (Å²) in [6.45, 7) is 3.88. The highest BCUT2D eigenvalue weighted by Gasteiger charge is 2.40. The van der Waals surface area contributed by atoms with E-state index in [0.717, 1.165) is 11.1 Å². The highest BCUT2D eigenvalue weighted by atomic mass is 16.5. The normalized spacial score (nSPS) is 16.8. The molecule has 0 spiro atoms. The van der Waals surface area contributed by atoms with Gasteiger partial charge in [-0.25, -0.2) is 4.90 Å². The van der Waals surface area contributed by atoms with Crippen LogP contribution < -0.4 is 19.7 Å². The van der Waals surface area contributed by atoms with Gasteiger partial charge in [-0.2, -0.15) is 0 Å². The quantitative estimate of drug-likeness (QED) is 0.836. The SMILES string of the molecule is COc1ccc(N[C@@H]2CC(=O)N(c3ccc(C)cc3C)C2=O)c(OC)c1. The minimum Gasteiger partial charge on any atom is -0.497 e. The molecule has 1 aliphatic heterocycles. The first-order valence-corrected chi connectivity index (χ1v) is 8.37. The van der Waals surface area contributed by atoms with Gasteiger partial charge in [0.2, 0.25) is 5.91 Å². The third kappa shape index (κ3) is 3.22. The molecule has 1 N–H and O–H groups in total. The molecule has 1 atom stereocenters. The highest BCUT2D eigenvalue weighted by molar-refractivity contribution is 6.23. The van der Waals surface area contributed by atoms with E-state index < -0.39 is 6.04 Å². The average molecular weight is 354 g/mol. The molecular weight excluding hydrogens is 332 g/mol. The zero-order chi connectivity index (χ0) is 18.8. The van der Waals surface area contributed by atoms with Crippen molar-refractivity contribution in [3.05, 3.63) is 47.5 Å². The van der Waals surface area contributed by atoms with Crippen LogP contribution in [0.2, 0.25) is 0 Å². The van der Waals surface area contributed by atoms with Gasteiger partial charge in [0, 0.05) is 6.07 Å². The fourth-order valence-electron chi connectivity index (χ4n) is 3.16. The van der Waals surface area contributed by atoms with Crippen LogP contribution in [0.3, 0.4) is 0 Å². The Labute approximate surface area is 152 Å². The van der Waals surface area contributed by atoms with E-state index in [0.29, 0.717) is 22.9 Å². The summed E-state index contributed by atoms with van der Waals surface area (Å²) in [6.07, 6.45) is 0.0985. The first-order chi connectivity index (χ1) is 12.4. The van der Waals surface area contributed by atoms with E-state index in [1.54, 1.807) is 32.4 Å². The molecule has 0 aliphatic carbocycles. The summed E-state index contributed by atoms with van der Waals surface area (Å²) in [6, 6.07) is 10.3. The Morgan fingerprint density at radius 1 is 1.04 bits per heavy atom. The standard InChI is InChI=1S/C20H22N2O4/c1-12-5-8-17(13(2)9-12)22-19(23)11-16(20(22)24)21-15-7-6-14(25-3)10-18(15)26-4/h5-10,16,21H,11H2,1-4H3/t16-/m1/s1. The maximum atomic E-state index is 12.9. The van der Waals surface area contributed by atoms with E-state index in [1.807, 2.05) is 32.0 Å². The van der Waals surface area contributed by atoms with Crippen LogP contribution >= 0.6 is 0 Å². The monoisotopic (exact) mass is 354 g/mol. The largest absolute Gasteiger partial charge is 0.497 e. The van der Waals surface area contributed by atoms with E-state index in [-0.39, 0.29) is 18.2 Å². The fraction of sp³-hybridized carbons (Fsp3) is 0.300. The predicted octanol–water partition coefficient (Wildman–Crippen LogP) is 3.06. The van der Waals surface area contributed by atoms with Crippen LogP contribution in [0.5, 0.6) is 11.5 Å². The van der Waals surface area contributed by atoms with Crippen LogP contribution in [0.25, 0.3) is 0 Å². The lowest BCUT2D eigenvalue weighted by molar-refractivity contribution is -0.121. The highest BCUT2D eigenvalue weighted by Crippen LogP contribution is 2.33. The molecule has 0 radical (unpaired) electrons. The van der Waals surface area contributed by atoms with Crippen molar-refractivity contribution < 1.29 is 19.1 Å². The van der Waals surface area contributed by atoms with Gasteiger partial charge in [-0.3, -0.25) is 9.59 Å². The third-order valence-corrected chi connectivity index (χ3v) is 4.48. The lowest BCUT2D eigenvalue weighted by Gasteiger charge is -2.19. The van der Waals surface area contributed by atoms with Crippen molar-refractivity contribution in [3.63, 3.8) is 0 Å². The molecule has 1 fully saturated rings. The Balaban J connectivity index is 1.85. The van der Waals surface area contributed by atoms with Crippen molar-refractivity contribution in [2.45, 2.75) is 26.3 Å². The summed E-state index contributed by atoms with van der Waals surface area (Å²) in [5.41, 5.74) is 3.26. The smallest absolute Gasteiger partial charge is 0.256 e. The van der Waals surface area contributed by atoms with Crippen LogP contribution in [0.4, 0.5) is 11.4 Å². The number of carbonyl (C=O) groups excluding carboxylic acids is 2. The molecule has 0 unspecified atom stereocenters. The number of nitrogens with one attached hydrogen (secondary N) is 1. The van der Waals surface area contributed by atoms with Crippen molar-refractivity contribution in [2.24, 2.45) is 0 Å². The van der Waals surface area contributed by atoms with Gasteiger partial charge in [-0.15, -0.1) is 0 Å². The number of aryl methyl sites for hydroxylation is 2. The Morgan fingerprint density at radius 2 is 1.81 bits per heavy atom. The van der Waals surface area contributed by atoms with Gasteiger partial charge in [0.1, 0.15) is 17.5 Å². The van der Waals surface area contributed by atoms with Crippen molar-refractivity contribution in [3.8, 4) is 11.5 Å². The van der Waals surface area contributed by atoms with Crippen molar-refractivity contribution in [2.75, 3.05) is 24.4 Å². The molecule has 2 aromatic carbocycles. The van der Waals surface area contributed by atoms with Crippen LogP contribution in [0.15, 0.2) is 36.4 Å². The number of benzene rings is 2. The summed E-state index contributed by atoms with van der Waals surface area (Å²) >= 11 is 0. The zero-order valence-electron chi connectivity index (χ0n) is 15.3. The summed E-state index contributed by atoms with van der Waals surface area (Å²) in [4.78, 5) is 26.6. The molecule has 0 aromatic heterocycles. The molecule has 3 rings (SSSR count). The molecule has 1 heterocycles. The molecule has 2 aromatic rings. The van der Waals surface area contributed by atoms with E-state index >= 15 is 0 Å². The maximum absolute atomic E-state index is 12.9. The number of imide groups is 1. The summed E-state index contributed by atoms with van der Waals surface area (Å²) in [7, 11) is 3.12. The molecule has 2 amide bonds. The second-order valence-corrected chi connectivity index (χ2v) is 6.32. The Bertz CT molecular complexity index is 863. The Hall–Kier alpha value is -3.02. The number of carbonyl (C=O) groups is 2. The van der Waals surface area contributed by atoms with E-state index in [1.165, 1.54) is 4.90 Å². The first kappa shape index (κ1) is 17.8. The molecule has 1 aliphatic rings. The molecule has 6 heteroatoms.